The second-order valence-corrected chi connectivity index (χ2v) is 6.96. The Kier molecular flexibility index (Phi) is 6.98. The standard InChI is InChI=1S/C21H27NO3S/c1-7-24-19-10-8-9-18(22(5)21(23)26-6)17(19)13-25-20-12-15(3)14(2)11-16(20)4/h8-12H,7,13H2,1-6H3. The molecule has 0 aliphatic heterocycles. The summed E-state index contributed by atoms with van der Waals surface area (Å²) in [7, 11) is 1.77. The lowest BCUT2D eigenvalue weighted by molar-refractivity contribution is 0.265. The first-order valence-electron chi connectivity index (χ1n) is 8.66. The Balaban J connectivity index is 2.37. The lowest BCUT2D eigenvalue weighted by atomic mass is 10.1. The molecular weight excluding hydrogens is 346 g/mol. The molecule has 0 spiro atoms. The Bertz CT molecular complexity index is 789. The molecule has 0 aliphatic carbocycles. The summed E-state index contributed by atoms with van der Waals surface area (Å²) in [4.78, 5) is 13.8. The molecule has 0 radical (unpaired) electrons. The van der Waals surface area contributed by atoms with E-state index in [9.17, 15) is 4.79 Å². The van der Waals surface area contributed by atoms with Crippen LogP contribution in [0.15, 0.2) is 30.3 Å². The average molecular weight is 374 g/mol. The SMILES string of the molecule is CCOc1cccc(N(C)C(=O)SC)c1COc1cc(C)c(C)cc1C. The number of nitrogens with zero attached hydrogens (tertiary/aromatic N) is 1. The summed E-state index contributed by atoms with van der Waals surface area (Å²) < 4.78 is 11.9. The van der Waals surface area contributed by atoms with E-state index >= 15 is 0 Å². The fraction of sp³-hybridized carbons (Fsp3) is 0.381. The molecule has 2 rings (SSSR count). The van der Waals surface area contributed by atoms with Crippen molar-refractivity contribution in [2.24, 2.45) is 0 Å². The smallest absolute Gasteiger partial charge is 0.285 e. The van der Waals surface area contributed by atoms with E-state index in [2.05, 4.69) is 26.0 Å². The molecule has 0 saturated carbocycles. The van der Waals surface area contributed by atoms with Crippen molar-refractivity contribution >= 4 is 22.7 Å². The van der Waals surface area contributed by atoms with Crippen LogP contribution in [0.5, 0.6) is 11.5 Å². The van der Waals surface area contributed by atoms with Gasteiger partial charge in [0.05, 0.1) is 17.9 Å². The quantitative estimate of drug-likeness (QED) is 0.669. The first-order valence-corrected chi connectivity index (χ1v) is 9.88. The van der Waals surface area contributed by atoms with Crippen LogP contribution >= 0.6 is 11.8 Å². The van der Waals surface area contributed by atoms with Crippen LogP contribution in [0.3, 0.4) is 0 Å². The summed E-state index contributed by atoms with van der Waals surface area (Å²) in [6.07, 6.45) is 1.78. The van der Waals surface area contributed by atoms with Crippen molar-refractivity contribution in [1.82, 2.24) is 0 Å². The van der Waals surface area contributed by atoms with Crippen LogP contribution < -0.4 is 14.4 Å². The average Bonchev–Trinajstić information content (AvgIpc) is 2.63. The number of amides is 1. The third-order valence-corrected chi connectivity index (χ3v) is 5.00. The maximum Gasteiger partial charge on any atom is 0.285 e. The molecule has 0 unspecified atom stereocenters. The van der Waals surface area contributed by atoms with Gasteiger partial charge >= 0.3 is 0 Å². The van der Waals surface area contributed by atoms with Crippen LogP contribution in [0.1, 0.15) is 29.2 Å². The van der Waals surface area contributed by atoms with Crippen LogP contribution in [0.4, 0.5) is 10.5 Å². The van der Waals surface area contributed by atoms with E-state index in [1.54, 1.807) is 18.2 Å². The molecule has 0 bridgehead atoms. The van der Waals surface area contributed by atoms with Crippen molar-refractivity contribution in [3.63, 3.8) is 0 Å². The van der Waals surface area contributed by atoms with Gasteiger partial charge in [0.15, 0.2) is 0 Å². The summed E-state index contributed by atoms with van der Waals surface area (Å²) in [5.41, 5.74) is 5.21. The monoisotopic (exact) mass is 373 g/mol. The van der Waals surface area contributed by atoms with Crippen LogP contribution in [-0.4, -0.2) is 25.1 Å². The largest absolute Gasteiger partial charge is 0.493 e. The number of rotatable bonds is 6. The molecule has 1 amide bonds. The number of thioether (sulfide) groups is 1. The van der Waals surface area contributed by atoms with E-state index in [-0.39, 0.29) is 5.24 Å². The third-order valence-electron chi connectivity index (χ3n) is 4.38. The third kappa shape index (κ3) is 4.52. The summed E-state index contributed by atoms with van der Waals surface area (Å²) in [6.45, 7) is 9.05. The number of hydrogen-bond donors (Lipinski definition) is 0. The van der Waals surface area contributed by atoms with E-state index in [4.69, 9.17) is 9.47 Å². The Morgan fingerprint density at radius 2 is 1.73 bits per heavy atom. The summed E-state index contributed by atoms with van der Waals surface area (Å²) in [5, 5.41) is -0.0257. The molecule has 2 aromatic rings. The van der Waals surface area contributed by atoms with Gasteiger partial charge in [-0.15, -0.1) is 0 Å². The first kappa shape index (κ1) is 20.2. The highest BCUT2D eigenvalue weighted by Gasteiger charge is 2.18. The summed E-state index contributed by atoms with van der Waals surface area (Å²) in [6, 6.07) is 9.92. The fourth-order valence-corrected chi connectivity index (χ4v) is 3.15. The highest BCUT2D eigenvalue weighted by molar-refractivity contribution is 8.13. The number of carbonyl (C=O) groups is 1. The zero-order chi connectivity index (χ0) is 19.3. The summed E-state index contributed by atoms with van der Waals surface area (Å²) in [5.74, 6) is 1.59. The predicted molar refractivity (Wildman–Crippen MR) is 110 cm³/mol. The maximum atomic E-state index is 12.2. The molecule has 0 aliphatic rings. The van der Waals surface area contributed by atoms with Gasteiger partial charge in [-0.05, 0) is 68.8 Å². The molecule has 5 heteroatoms. The van der Waals surface area contributed by atoms with Crippen LogP contribution in [0, 0.1) is 20.8 Å². The van der Waals surface area contributed by atoms with Gasteiger partial charge in [-0.2, -0.15) is 0 Å². The van der Waals surface area contributed by atoms with Crippen molar-refractivity contribution < 1.29 is 14.3 Å². The number of benzene rings is 2. The van der Waals surface area contributed by atoms with Gasteiger partial charge < -0.3 is 14.4 Å². The summed E-state index contributed by atoms with van der Waals surface area (Å²) >= 11 is 1.18. The molecule has 0 N–H and O–H groups in total. The van der Waals surface area contributed by atoms with Crippen LogP contribution in [-0.2, 0) is 6.61 Å². The minimum Gasteiger partial charge on any atom is -0.493 e. The van der Waals surface area contributed by atoms with Gasteiger partial charge in [-0.1, -0.05) is 23.9 Å². The molecule has 140 valence electrons. The molecule has 0 aromatic heterocycles. The van der Waals surface area contributed by atoms with Gasteiger partial charge in [0.1, 0.15) is 18.1 Å². The minimum atomic E-state index is -0.0257. The van der Waals surface area contributed by atoms with E-state index in [0.717, 1.165) is 28.3 Å². The minimum absolute atomic E-state index is 0.0257. The van der Waals surface area contributed by atoms with Crippen LogP contribution in [0.25, 0.3) is 0 Å². The van der Waals surface area contributed by atoms with Crippen molar-refractivity contribution in [2.75, 3.05) is 24.8 Å². The van der Waals surface area contributed by atoms with Crippen molar-refractivity contribution in [3.8, 4) is 11.5 Å². The van der Waals surface area contributed by atoms with Crippen molar-refractivity contribution in [1.29, 1.82) is 0 Å². The van der Waals surface area contributed by atoms with E-state index in [1.807, 2.05) is 32.0 Å². The Morgan fingerprint density at radius 3 is 2.38 bits per heavy atom. The number of aryl methyl sites for hydroxylation is 3. The highest BCUT2D eigenvalue weighted by Crippen LogP contribution is 2.32. The van der Waals surface area contributed by atoms with Crippen molar-refractivity contribution in [2.45, 2.75) is 34.3 Å². The molecule has 4 nitrogen and oxygen atoms in total. The van der Waals surface area contributed by atoms with Crippen LogP contribution in [0.2, 0.25) is 0 Å². The number of ether oxygens (including phenoxy) is 2. The van der Waals surface area contributed by atoms with Crippen molar-refractivity contribution in [3.05, 3.63) is 52.6 Å². The zero-order valence-corrected chi connectivity index (χ0v) is 17.2. The van der Waals surface area contributed by atoms with E-state index in [1.165, 1.54) is 22.9 Å². The highest BCUT2D eigenvalue weighted by atomic mass is 32.2. The first-order chi connectivity index (χ1) is 12.4. The van der Waals surface area contributed by atoms with E-state index in [0.29, 0.717) is 13.2 Å². The predicted octanol–water partition coefficient (Wildman–Crippen LogP) is 5.51. The van der Waals surface area contributed by atoms with Gasteiger partial charge in [0.2, 0.25) is 0 Å². The maximum absolute atomic E-state index is 12.2. The number of carbonyl (C=O) groups excluding carboxylic acids is 1. The lowest BCUT2D eigenvalue weighted by Crippen LogP contribution is -2.23. The Labute approximate surface area is 160 Å². The molecular formula is C21H27NO3S. The van der Waals surface area contributed by atoms with E-state index < -0.39 is 0 Å². The van der Waals surface area contributed by atoms with Gasteiger partial charge in [-0.3, -0.25) is 4.79 Å². The van der Waals surface area contributed by atoms with Gasteiger partial charge in [-0.25, -0.2) is 0 Å². The Hall–Kier alpha value is -2.14. The second kappa shape index (κ2) is 8.99. The number of anilines is 1. The van der Waals surface area contributed by atoms with Gasteiger partial charge in [0, 0.05) is 7.05 Å². The second-order valence-electron chi connectivity index (χ2n) is 6.21. The lowest BCUT2D eigenvalue weighted by Gasteiger charge is -2.22. The molecule has 0 fully saturated rings. The normalized spacial score (nSPS) is 10.5. The molecule has 0 saturated heterocycles. The number of hydrogen-bond acceptors (Lipinski definition) is 4. The molecule has 26 heavy (non-hydrogen) atoms. The molecule has 2 aromatic carbocycles. The molecule has 0 heterocycles. The fourth-order valence-electron chi connectivity index (χ4n) is 2.78. The zero-order valence-electron chi connectivity index (χ0n) is 16.4. The topological polar surface area (TPSA) is 38.8 Å². The van der Waals surface area contributed by atoms with Gasteiger partial charge in [0.25, 0.3) is 5.24 Å². The Morgan fingerprint density at radius 1 is 1.04 bits per heavy atom. The molecule has 0 atom stereocenters.